The molecule has 6 nitrogen and oxygen atoms in total. The van der Waals surface area contributed by atoms with Crippen molar-refractivity contribution >= 4 is 34.2 Å². The molecule has 2 N–H and O–H groups in total. The van der Waals surface area contributed by atoms with Crippen LogP contribution in [0, 0.1) is 11.2 Å². The lowest BCUT2D eigenvalue weighted by molar-refractivity contribution is 0.0911. The highest BCUT2D eigenvalue weighted by atomic mass is 32.1. The Morgan fingerprint density at radius 3 is 2.59 bits per heavy atom. The van der Waals surface area contributed by atoms with Crippen molar-refractivity contribution in [3.8, 4) is 10.6 Å². The van der Waals surface area contributed by atoms with E-state index >= 15 is 0 Å². The molecule has 4 rings (SSSR count). The van der Waals surface area contributed by atoms with Crippen molar-refractivity contribution in [3.05, 3.63) is 70.6 Å². The zero-order chi connectivity index (χ0) is 24.5. The molecule has 0 aliphatic rings. The summed E-state index contributed by atoms with van der Waals surface area (Å²) in [6.45, 7) is 8.19. The van der Waals surface area contributed by atoms with Crippen LogP contribution in [0.2, 0.25) is 0 Å². The van der Waals surface area contributed by atoms with E-state index in [1.54, 1.807) is 30.6 Å². The molecule has 0 aliphatic carbocycles. The Labute approximate surface area is 201 Å². The number of halogens is 1. The standard InChI is InChI=1S/C26H27FN4O2S/c1-15(26(2,3)4)30-25(33)18-13-28-24-23(18)31-19(14-29-24)21-11-12-22(34-21)20(32)10-7-16-5-8-17(27)9-6-16/h5-6,8-9,11-15H,7,10H2,1-4H3,(H,28,29)(H,30,33)/t15-/m0/s1. The van der Waals surface area contributed by atoms with Crippen molar-refractivity contribution in [3.63, 3.8) is 0 Å². The summed E-state index contributed by atoms with van der Waals surface area (Å²) in [4.78, 5) is 39.1. The van der Waals surface area contributed by atoms with Crippen LogP contribution in [0.5, 0.6) is 0 Å². The molecule has 1 aromatic carbocycles. The summed E-state index contributed by atoms with van der Waals surface area (Å²) in [5.74, 6) is -0.474. The maximum absolute atomic E-state index is 13.1. The highest BCUT2D eigenvalue weighted by Crippen LogP contribution is 2.29. The zero-order valence-corrected chi connectivity index (χ0v) is 20.4. The molecule has 0 aliphatic heterocycles. The number of H-pyrrole nitrogens is 1. The van der Waals surface area contributed by atoms with Gasteiger partial charge in [-0.3, -0.25) is 9.59 Å². The van der Waals surface area contributed by atoms with Gasteiger partial charge in [-0.15, -0.1) is 11.3 Å². The van der Waals surface area contributed by atoms with Crippen LogP contribution in [0.3, 0.4) is 0 Å². The van der Waals surface area contributed by atoms with Gasteiger partial charge in [0, 0.05) is 18.7 Å². The summed E-state index contributed by atoms with van der Waals surface area (Å²) in [7, 11) is 0. The fraction of sp³-hybridized carbons (Fsp3) is 0.308. The topological polar surface area (TPSA) is 87.7 Å². The third-order valence-corrected chi connectivity index (χ3v) is 7.11. The average Bonchev–Trinajstić information content (AvgIpc) is 3.45. The molecule has 34 heavy (non-hydrogen) atoms. The Morgan fingerprint density at radius 2 is 1.88 bits per heavy atom. The molecule has 0 saturated heterocycles. The smallest absolute Gasteiger partial charge is 0.255 e. The van der Waals surface area contributed by atoms with E-state index in [0.717, 1.165) is 10.4 Å². The van der Waals surface area contributed by atoms with E-state index in [1.807, 2.05) is 13.0 Å². The maximum atomic E-state index is 13.1. The van der Waals surface area contributed by atoms with Gasteiger partial charge in [-0.25, -0.2) is 14.4 Å². The number of amides is 1. The molecule has 0 fully saturated rings. The fourth-order valence-corrected chi connectivity index (χ4v) is 4.26. The Hall–Kier alpha value is -3.39. The lowest BCUT2D eigenvalue weighted by atomic mass is 9.88. The Balaban J connectivity index is 1.51. The van der Waals surface area contributed by atoms with Crippen LogP contribution in [-0.4, -0.2) is 32.7 Å². The van der Waals surface area contributed by atoms with Crippen molar-refractivity contribution in [2.75, 3.05) is 0 Å². The molecule has 3 heterocycles. The van der Waals surface area contributed by atoms with Crippen LogP contribution >= 0.6 is 11.3 Å². The molecule has 0 unspecified atom stereocenters. The number of ketones is 1. The Kier molecular flexibility index (Phi) is 6.61. The summed E-state index contributed by atoms with van der Waals surface area (Å²) in [5, 5.41) is 3.03. The third-order valence-electron chi connectivity index (χ3n) is 5.96. The van der Waals surface area contributed by atoms with Crippen LogP contribution in [0.15, 0.2) is 48.8 Å². The van der Waals surface area contributed by atoms with Gasteiger partial charge >= 0.3 is 0 Å². The summed E-state index contributed by atoms with van der Waals surface area (Å²) in [6, 6.07) is 9.80. The van der Waals surface area contributed by atoms with E-state index in [4.69, 9.17) is 0 Å². The number of nitrogens with one attached hydrogen (secondary N) is 2. The molecule has 1 atom stereocenters. The van der Waals surface area contributed by atoms with Crippen LogP contribution < -0.4 is 5.32 Å². The monoisotopic (exact) mass is 478 g/mol. The second-order valence-corrected chi connectivity index (χ2v) is 10.5. The number of carbonyl (C=O) groups excluding carboxylic acids is 2. The second-order valence-electron chi connectivity index (χ2n) is 9.43. The summed E-state index contributed by atoms with van der Waals surface area (Å²) < 4.78 is 13.1. The van der Waals surface area contributed by atoms with Gasteiger partial charge in [0.2, 0.25) is 0 Å². The van der Waals surface area contributed by atoms with Crippen molar-refractivity contribution in [1.82, 2.24) is 20.3 Å². The number of thiophene rings is 1. The average molecular weight is 479 g/mol. The first-order chi connectivity index (χ1) is 16.1. The molecule has 1 amide bonds. The molecule has 0 bridgehead atoms. The van der Waals surface area contributed by atoms with Crippen molar-refractivity contribution < 1.29 is 14.0 Å². The minimum atomic E-state index is -0.289. The Bertz CT molecular complexity index is 1340. The number of Topliss-reactive ketones (excluding diaryl/α,β-unsaturated/α-hetero) is 1. The number of aryl methyl sites for hydroxylation is 1. The maximum Gasteiger partial charge on any atom is 0.255 e. The first-order valence-corrected chi connectivity index (χ1v) is 12.0. The molecule has 0 spiro atoms. The SMILES string of the molecule is C[C@H](NC(=O)c1c[nH]c2ncc(-c3ccc(C(=O)CCc4ccc(F)cc4)s3)nc12)C(C)(C)C. The first kappa shape index (κ1) is 23.8. The number of aromatic amines is 1. The van der Waals surface area contributed by atoms with Gasteiger partial charge < -0.3 is 10.3 Å². The fourth-order valence-electron chi connectivity index (χ4n) is 3.33. The number of aromatic nitrogens is 3. The van der Waals surface area contributed by atoms with Crippen LogP contribution in [0.4, 0.5) is 4.39 Å². The van der Waals surface area contributed by atoms with E-state index in [0.29, 0.717) is 40.1 Å². The van der Waals surface area contributed by atoms with Gasteiger partial charge in [-0.05, 0) is 48.6 Å². The van der Waals surface area contributed by atoms with Crippen molar-refractivity contribution in [1.29, 1.82) is 0 Å². The van der Waals surface area contributed by atoms with Gasteiger partial charge in [0.15, 0.2) is 11.4 Å². The first-order valence-electron chi connectivity index (χ1n) is 11.1. The molecule has 176 valence electrons. The highest BCUT2D eigenvalue weighted by molar-refractivity contribution is 7.17. The van der Waals surface area contributed by atoms with Crippen molar-refractivity contribution in [2.45, 2.75) is 46.6 Å². The molecular formula is C26H27FN4O2S. The minimum Gasteiger partial charge on any atom is -0.349 e. The van der Waals surface area contributed by atoms with E-state index in [-0.39, 0.29) is 29.0 Å². The van der Waals surface area contributed by atoms with Crippen molar-refractivity contribution in [2.24, 2.45) is 5.41 Å². The molecular weight excluding hydrogens is 451 g/mol. The lowest BCUT2D eigenvalue weighted by Gasteiger charge is -2.27. The van der Waals surface area contributed by atoms with E-state index in [2.05, 4.69) is 41.0 Å². The zero-order valence-electron chi connectivity index (χ0n) is 19.6. The number of fused-ring (bicyclic) bond motifs is 1. The van der Waals surface area contributed by atoms with Crippen LogP contribution in [0.1, 0.15) is 59.7 Å². The normalized spacial score (nSPS) is 12.6. The summed E-state index contributed by atoms with van der Waals surface area (Å²) >= 11 is 1.35. The molecule has 0 saturated carbocycles. The lowest BCUT2D eigenvalue weighted by Crippen LogP contribution is -2.41. The third kappa shape index (κ3) is 5.22. The highest BCUT2D eigenvalue weighted by Gasteiger charge is 2.24. The molecule has 4 aromatic rings. The summed E-state index contributed by atoms with van der Waals surface area (Å²) in [5.41, 5.74) is 2.91. The largest absolute Gasteiger partial charge is 0.349 e. The number of hydrogen-bond acceptors (Lipinski definition) is 5. The predicted octanol–water partition coefficient (Wildman–Crippen LogP) is 5.81. The second kappa shape index (κ2) is 9.46. The number of benzene rings is 1. The van der Waals surface area contributed by atoms with Gasteiger partial charge in [0.05, 0.1) is 27.2 Å². The van der Waals surface area contributed by atoms with E-state index in [9.17, 15) is 14.0 Å². The predicted molar refractivity (Wildman–Crippen MR) is 133 cm³/mol. The number of hydrogen-bond donors (Lipinski definition) is 2. The van der Waals surface area contributed by atoms with Gasteiger partial charge in [0.25, 0.3) is 5.91 Å². The molecule has 3 aromatic heterocycles. The summed E-state index contributed by atoms with van der Waals surface area (Å²) in [6.07, 6.45) is 4.15. The van der Waals surface area contributed by atoms with E-state index < -0.39 is 0 Å². The van der Waals surface area contributed by atoms with Crippen LogP contribution in [-0.2, 0) is 6.42 Å². The van der Waals surface area contributed by atoms with E-state index in [1.165, 1.54) is 23.5 Å². The molecule has 8 heteroatoms. The van der Waals surface area contributed by atoms with Gasteiger partial charge in [-0.2, -0.15) is 0 Å². The van der Waals surface area contributed by atoms with Gasteiger partial charge in [0.1, 0.15) is 11.3 Å². The number of nitrogens with zero attached hydrogens (tertiary/aromatic N) is 2. The Morgan fingerprint density at radius 1 is 1.15 bits per heavy atom. The minimum absolute atomic E-state index is 0.0208. The van der Waals surface area contributed by atoms with Gasteiger partial charge in [-0.1, -0.05) is 32.9 Å². The number of carbonyl (C=O) groups is 2. The quantitative estimate of drug-likeness (QED) is 0.328. The molecule has 0 radical (unpaired) electrons. The van der Waals surface area contributed by atoms with Crippen LogP contribution in [0.25, 0.3) is 21.7 Å². The number of rotatable bonds is 7.